The molecule has 0 atom stereocenters. The Kier molecular flexibility index (Phi) is 3.60. The third-order valence-corrected chi connectivity index (χ3v) is 4.91. The third kappa shape index (κ3) is 2.07. The number of aliphatic hydroxyl groups excluding tert-OH is 1. The Bertz CT molecular complexity index is 1350. The number of fused-ring (bicyclic) bond motifs is 3. The Balaban J connectivity index is 2.35. The minimum atomic E-state index is -0.686. The third-order valence-electron chi connectivity index (χ3n) is 4.91. The highest BCUT2D eigenvalue weighted by Crippen LogP contribution is 2.31. The molecule has 0 fully saturated rings. The highest BCUT2D eigenvalue weighted by Gasteiger charge is 2.25. The van der Waals surface area contributed by atoms with Crippen molar-refractivity contribution in [3.63, 3.8) is 0 Å². The van der Waals surface area contributed by atoms with Crippen molar-refractivity contribution in [3.05, 3.63) is 65.4 Å². The van der Waals surface area contributed by atoms with Gasteiger partial charge in [0, 0.05) is 23.9 Å². The summed E-state index contributed by atoms with van der Waals surface area (Å²) < 4.78 is 0.918. The Morgan fingerprint density at radius 1 is 0.778 bits per heavy atom. The van der Waals surface area contributed by atoms with Gasteiger partial charge in [-0.15, -0.1) is 0 Å². The summed E-state index contributed by atoms with van der Waals surface area (Å²) in [6.45, 7) is -0.227. The number of aromatic nitrogens is 1. The Labute approximate surface area is 150 Å². The van der Waals surface area contributed by atoms with Gasteiger partial charge in [-0.25, -0.2) is 0 Å². The van der Waals surface area contributed by atoms with Gasteiger partial charge in [0.2, 0.25) is 0 Å². The second kappa shape index (κ2) is 5.75. The molecule has 0 bridgehead atoms. The van der Waals surface area contributed by atoms with Crippen molar-refractivity contribution in [1.82, 2.24) is 4.57 Å². The zero-order valence-corrected chi connectivity index (χ0v) is 14.1. The van der Waals surface area contributed by atoms with Gasteiger partial charge in [-0.2, -0.15) is 0 Å². The topological polar surface area (TPSA) is 145 Å². The van der Waals surface area contributed by atoms with Crippen molar-refractivity contribution in [3.8, 4) is 0 Å². The molecule has 0 unspecified atom stereocenters. The number of benzene rings is 3. The van der Waals surface area contributed by atoms with Crippen LogP contribution in [0.3, 0.4) is 0 Å². The average Bonchev–Trinajstić information content (AvgIpc) is 2.91. The lowest BCUT2D eigenvalue weighted by Crippen LogP contribution is -2.26. The number of nitrogens with zero attached hydrogens (tertiary/aromatic N) is 1. The van der Waals surface area contributed by atoms with Crippen LogP contribution in [0.25, 0.3) is 32.3 Å². The van der Waals surface area contributed by atoms with Gasteiger partial charge in [-0.3, -0.25) is 23.7 Å². The van der Waals surface area contributed by atoms with Gasteiger partial charge in [0.1, 0.15) is 0 Å². The van der Waals surface area contributed by atoms with Gasteiger partial charge >= 0.3 is 0 Å². The molecule has 1 aromatic heterocycles. The lowest BCUT2D eigenvalue weighted by Gasteiger charge is -2.07. The van der Waals surface area contributed by atoms with E-state index in [4.69, 9.17) is 16.6 Å². The van der Waals surface area contributed by atoms with Crippen LogP contribution in [0.15, 0.2) is 43.4 Å². The van der Waals surface area contributed by atoms with E-state index in [0.29, 0.717) is 0 Å². The molecular formula is C19H15N3O5. The molecular weight excluding hydrogens is 350 g/mol. The first-order chi connectivity index (χ1) is 12.9. The van der Waals surface area contributed by atoms with Gasteiger partial charge in [-0.1, -0.05) is 24.3 Å². The van der Waals surface area contributed by atoms with Crippen LogP contribution in [0, 0.1) is 0 Å². The molecule has 0 aliphatic rings. The maximum atomic E-state index is 12.9. The maximum absolute atomic E-state index is 12.9. The maximum Gasteiger partial charge on any atom is 0.263 e. The van der Waals surface area contributed by atoms with Gasteiger partial charge < -0.3 is 16.6 Å². The lowest BCUT2D eigenvalue weighted by molar-refractivity contribution is 0.279. The van der Waals surface area contributed by atoms with Crippen molar-refractivity contribution in [2.24, 2.45) is 0 Å². The summed E-state index contributed by atoms with van der Waals surface area (Å²) in [5.74, 6) is 0. The number of anilines is 2. The summed E-state index contributed by atoms with van der Waals surface area (Å²) in [6, 6.07) is 6.24. The first-order valence-electron chi connectivity index (χ1n) is 8.30. The van der Waals surface area contributed by atoms with E-state index in [-0.39, 0.29) is 63.3 Å². The molecule has 0 saturated carbocycles. The van der Waals surface area contributed by atoms with Gasteiger partial charge in [-0.05, 0) is 6.42 Å². The number of nitrogen functional groups attached to an aromatic ring is 2. The highest BCUT2D eigenvalue weighted by molar-refractivity contribution is 6.20. The minimum Gasteiger partial charge on any atom is -0.397 e. The average molecular weight is 365 g/mol. The monoisotopic (exact) mass is 365 g/mol. The second-order valence-corrected chi connectivity index (χ2v) is 6.37. The fraction of sp³-hybridized carbons (Fsp3) is 0.158. The Morgan fingerprint density at radius 3 is 1.63 bits per heavy atom. The van der Waals surface area contributed by atoms with Crippen LogP contribution >= 0.6 is 0 Å². The summed E-state index contributed by atoms with van der Waals surface area (Å²) in [5, 5.41) is 8.74. The van der Waals surface area contributed by atoms with Crippen molar-refractivity contribution in [2.75, 3.05) is 18.1 Å². The number of aliphatic hydroxyl groups is 1. The first-order valence-corrected chi connectivity index (χ1v) is 8.30. The van der Waals surface area contributed by atoms with Crippen LogP contribution < -0.4 is 33.4 Å². The van der Waals surface area contributed by atoms with Crippen LogP contribution in [0.5, 0.6) is 0 Å². The molecule has 0 aliphatic carbocycles. The molecule has 4 aromatic rings. The molecule has 8 nitrogen and oxygen atoms in total. The zero-order chi connectivity index (χ0) is 19.5. The number of hydrogen-bond acceptors (Lipinski definition) is 7. The van der Waals surface area contributed by atoms with E-state index in [1.807, 2.05) is 0 Å². The molecule has 3 aromatic carbocycles. The Hall–Kier alpha value is -3.52. The fourth-order valence-electron chi connectivity index (χ4n) is 3.65. The molecule has 4 rings (SSSR count). The standard InChI is InChI=1S/C19H15N3O5/c20-14-10-11(17(25)9-5-2-1-4-8(9)16(10)24)15(21)13-12(14)18(26)22(19(13)27)6-3-7-23/h1-2,4-5,23H,3,6-7,20-21H2. The van der Waals surface area contributed by atoms with Crippen molar-refractivity contribution >= 4 is 43.7 Å². The quantitative estimate of drug-likeness (QED) is 0.259. The summed E-state index contributed by atoms with van der Waals surface area (Å²) >= 11 is 0. The molecule has 136 valence electrons. The van der Waals surface area contributed by atoms with E-state index in [9.17, 15) is 19.2 Å². The van der Waals surface area contributed by atoms with Crippen LogP contribution in [-0.2, 0) is 6.54 Å². The van der Waals surface area contributed by atoms with E-state index in [1.165, 1.54) is 12.1 Å². The highest BCUT2D eigenvalue weighted by atomic mass is 16.3. The molecule has 27 heavy (non-hydrogen) atoms. The van der Waals surface area contributed by atoms with E-state index in [0.717, 1.165) is 4.57 Å². The number of hydrogen-bond donors (Lipinski definition) is 3. The largest absolute Gasteiger partial charge is 0.397 e. The molecule has 0 spiro atoms. The van der Waals surface area contributed by atoms with Crippen LogP contribution in [0.2, 0.25) is 0 Å². The molecule has 1 heterocycles. The molecule has 0 radical (unpaired) electrons. The number of nitrogens with two attached hydrogens (primary N) is 2. The SMILES string of the molecule is Nc1c2c(=O)c3ccccc3c(=O)c2c(N)c2c(=O)n(CCCO)c(=O)c12. The fourth-order valence-corrected chi connectivity index (χ4v) is 3.65. The van der Waals surface area contributed by atoms with Gasteiger partial charge in [0.25, 0.3) is 11.1 Å². The zero-order valence-electron chi connectivity index (χ0n) is 14.1. The summed E-state index contributed by atoms with van der Waals surface area (Å²) in [7, 11) is 0. The summed E-state index contributed by atoms with van der Waals surface area (Å²) in [6.07, 6.45) is 0.189. The lowest BCUT2D eigenvalue weighted by atomic mass is 9.97. The predicted octanol–water partition coefficient (Wildman–Crippen LogP) is -0.189. The smallest absolute Gasteiger partial charge is 0.263 e. The van der Waals surface area contributed by atoms with E-state index in [2.05, 4.69) is 0 Å². The van der Waals surface area contributed by atoms with E-state index in [1.54, 1.807) is 12.1 Å². The predicted molar refractivity (Wildman–Crippen MR) is 105 cm³/mol. The van der Waals surface area contributed by atoms with Gasteiger partial charge in [0.15, 0.2) is 10.9 Å². The molecule has 0 aliphatic heterocycles. The molecule has 0 saturated heterocycles. The number of rotatable bonds is 3. The summed E-state index contributed by atoms with van der Waals surface area (Å²) in [5.41, 5.74) is 9.37. The Morgan fingerprint density at radius 2 is 1.22 bits per heavy atom. The van der Waals surface area contributed by atoms with Crippen LogP contribution in [0.1, 0.15) is 6.42 Å². The molecule has 0 amide bonds. The van der Waals surface area contributed by atoms with Crippen LogP contribution in [0.4, 0.5) is 11.4 Å². The van der Waals surface area contributed by atoms with Crippen molar-refractivity contribution in [1.29, 1.82) is 0 Å². The summed E-state index contributed by atoms with van der Waals surface area (Å²) in [4.78, 5) is 51.3. The van der Waals surface area contributed by atoms with Crippen LogP contribution in [-0.4, -0.2) is 16.3 Å². The molecule has 5 N–H and O–H groups in total. The van der Waals surface area contributed by atoms with E-state index < -0.39 is 22.0 Å². The van der Waals surface area contributed by atoms with E-state index >= 15 is 0 Å². The second-order valence-electron chi connectivity index (χ2n) is 6.37. The van der Waals surface area contributed by atoms with Gasteiger partial charge in [0.05, 0.1) is 32.9 Å². The van der Waals surface area contributed by atoms with Crippen molar-refractivity contribution < 1.29 is 5.11 Å². The first kappa shape index (κ1) is 16.9. The minimum absolute atomic E-state index is 0.0193. The normalized spacial score (nSPS) is 11.7. The van der Waals surface area contributed by atoms with Crippen molar-refractivity contribution in [2.45, 2.75) is 13.0 Å². The molecule has 8 heteroatoms.